The van der Waals surface area contributed by atoms with Crippen LogP contribution in [0.5, 0.6) is 11.5 Å². The van der Waals surface area contributed by atoms with Crippen LogP contribution in [-0.2, 0) is 0 Å². The molecule has 0 amide bonds. The van der Waals surface area contributed by atoms with Crippen LogP contribution in [0.3, 0.4) is 0 Å². The van der Waals surface area contributed by atoms with Crippen molar-refractivity contribution in [2.45, 2.75) is 5.38 Å². The monoisotopic (exact) mass is 502 g/mol. The lowest BCUT2D eigenvalue weighted by atomic mass is 10.1. The summed E-state index contributed by atoms with van der Waals surface area (Å²) in [6.45, 7) is 0. The van der Waals surface area contributed by atoms with Crippen LogP contribution in [0, 0.1) is 0 Å². The molecule has 0 radical (unpaired) electrons. The predicted octanol–water partition coefficient (Wildman–Crippen LogP) is 6.38. The van der Waals surface area contributed by atoms with Gasteiger partial charge in [0, 0.05) is 14.9 Å². The van der Waals surface area contributed by atoms with Crippen LogP contribution in [-0.4, -0.2) is 14.2 Å². The van der Waals surface area contributed by atoms with Crippen molar-refractivity contribution in [2.75, 3.05) is 14.2 Å². The van der Waals surface area contributed by atoms with Gasteiger partial charge < -0.3 is 9.47 Å². The highest BCUT2D eigenvalue weighted by molar-refractivity contribution is 9.13. The highest BCUT2D eigenvalue weighted by Crippen LogP contribution is 2.45. The fraction of sp³-hybridized carbons (Fsp3) is 0.231. The molecular weight excluding hydrogens is 495 g/mol. The molecule has 0 aliphatic heterocycles. The van der Waals surface area contributed by atoms with Gasteiger partial charge in [0.25, 0.3) is 0 Å². The maximum atomic E-state index is 6.60. The molecule has 2 rings (SSSR count). The third-order valence-electron chi connectivity index (χ3n) is 2.69. The van der Waals surface area contributed by atoms with E-state index in [0.717, 1.165) is 34.7 Å². The van der Waals surface area contributed by atoms with Crippen molar-refractivity contribution in [1.82, 2.24) is 0 Å². The summed E-state index contributed by atoms with van der Waals surface area (Å²) < 4.78 is 13.6. The third kappa shape index (κ3) is 3.35. The fourth-order valence-corrected chi connectivity index (χ4v) is 4.66. The summed E-state index contributed by atoms with van der Waals surface area (Å²) in [6.07, 6.45) is 0. The Morgan fingerprint density at radius 2 is 1.65 bits per heavy atom. The molecule has 0 bridgehead atoms. The van der Waals surface area contributed by atoms with Crippen molar-refractivity contribution in [1.29, 1.82) is 0 Å². The summed E-state index contributed by atoms with van der Waals surface area (Å²) in [4.78, 5) is 1.02. The number of hydrogen-bond acceptors (Lipinski definition) is 3. The molecule has 1 atom stereocenters. The first kappa shape index (κ1) is 16.6. The van der Waals surface area contributed by atoms with Gasteiger partial charge in [-0.3, -0.25) is 0 Å². The van der Waals surface area contributed by atoms with Crippen molar-refractivity contribution >= 4 is 70.7 Å². The number of thiophene rings is 1. The Balaban J connectivity index is 2.49. The number of hydrogen-bond donors (Lipinski definition) is 0. The van der Waals surface area contributed by atoms with E-state index in [9.17, 15) is 0 Å². The molecule has 7 heteroatoms. The van der Waals surface area contributed by atoms with Gasteiger partial charge in [-0.15, -0.1) is 22.9 Å². The van der Waals surface area contributed by atoms with E-state index < -0.39 is 0 Å². The summed E-state index contributed by atoms with van der Waals surface area (Å²) in [7, 11) is 3.25. The van der Waals surface area contributed by atoms with Crippen molar-refractivity contribution in [2.24, 2.45) is 0 Å². The highest BCUT2D eigenvalue weighted by Gasteiger charge is 2.21. The van der Waals surface area contributed by atoms with Crippen LogP contribution in [0.4, 0.5) is 0 Å². The topological polar surface area (TPSA) is 18.5 Å². The Morgan fingerprint density at radius 3 is 2.15 bits per heavy atom. The summed E-state index contributed by atoms with van der Waals surface area (Å²) in [5, 5.41) is -0.306. The Labute approximate surface area is 151 Å². The Morgan fingerprint density at radius 1 is 1.00 bits per heavy atom. The van der Waals surface area contributed by atoms with E-state index >= 15 is 0 Å². The van der Waals surface area contributed by atoms with Gasteiger partial charge in [-0.05, 0) is 66.0 Å². The second-order valence-electron chi connectivity index (χ2n) is 3.86. The molecule has 1 aromatic heterocycles. The first-order valence-corrected chi connectivity index (χ1v) is 9.11. The maximum Gasteiger partial charge on any atom is 0.133 e. The van der Waals surface area contributed by atoms with Gasteiger partial charge in [0.2, 0.25) is 0 Å². The van der Waals surface area contributed by atoms with Gasteiger partial charge in [0.1, 0.15) is 11.5 Å². The molecule has 2 aromatic rings. The fourth-order valence-electron chi connectivity index (χ4n) is 1.72. The van der Waals surface area contributed by atoms with Gasteiger partial charge >= 0.3 is 0 Å². The molecule has 1 heterocycles. The van der Waals surface area contributed by atoms with Crippen molar-refractivity contribution in [3.05, 3.63) is 41.4 Å². The van der Waals surface area contributed by atoms with E-state index in [1.165, 1.54) is 0 Å². The maximum absolute atomic E-state index is 6.60. The summed E-state index contributed by atoms with van der Waals surface area (Å²) in [6, 6.07) is 5.75. The second kappa shape index (κ2) is 7.01. The van der Waals surface area contributed by atoms with Gasteiger partial charge in [-0.2, -0.15) is 0 Å². The van der Waals surface area contributed by atoms with Crippen LogP contribution in [0.1, 0.15) is 15.8 Å². The van der Waals surface area contributed by atoms with Crippen LogP contribution in [0.2, 0.25) is 0 Å². The molecule has 0 spiro atoms. The second-order valence-corrected chi connectivity index (χ2v) is 8.41. The zero-order valence-corrected chi connectivity index (χ0v) is 16.9. The minimum absolute atomic E-state index is 0.306. The molecule has 0 fully saturated rings. The van der Waals surface area contributed by atoms with Gasteiger partial charge in [-0.1, -0.05) is 0 Å². The molecule has 108 valence electrons. The van der Waals surface area contributed by atoms with E-state index in [0.29, 0.717) is 0 Å². The zero-order valence-electron chi connectivity index (χ0n) is 10.5. The Bertz CT molecular complexity index is 611. The van der Waals surface area contributed by atoms with E-state index in [1.807, 2.05) is 18.2 Å². The molecule has 0 N–H and O–H groups in total. The van der Waals surface area contributed by atoms with Crippen LogP contribution < -0.4 is 9.47 Å². The average molecular weight is 505 g/mol. The molecule has 1 unspecified atom stereocenters. The number of benzene rings is 1. The lowest BCUT2D eigenvalue weighted by molar-refractivity contribution is 0.397. The zero-order chi connectivity index (χ0) is 14.9. The smallest absolute Gasteiger partial charge is 0.133 e. The number of halogens is 4. The summed E-state index contributed by atoms with van der Waals surface area (Å²) in [5.74, 6) is 1.44. The predicted molar refractivity (Wildman–Crippen MR) is 94.7 cm³/mol. The van der Waals surface area contributed by atoms with Crippen molar-refractivity contribution in [3.63, 3.8) is 0 Å². The van der Waals surface area contributed by atoms with Gasteiger partial charge in [-0.25, -0.2) is 0 Å². The van der Waals surface area contributed by atoms with Gasteiger partial charge in [0.05, 0.1) is 27.9 Å². The molecular formula is C13H10Br3ClO2S. The van der Waals surface area contributed by atoms with E-state index in [4.69, 9.17) is 21.1 Å². The lowest BCUT2D eigenvalue weighted by Gasteiger charge is -2.15. The Kier molecular flexibility index (Phi) is 5.82. The van der Waals surface area contributed by atoms with Crippen molar-refractivity contribution < 1.29 is 9.47 Å². The van der Waals surface area contributed by atoms with Crippen molar-refractivity contribution in [3.8, 4) is 11.5 Å². The Hall–Kier alpha value is 0.250. The molecule has 20 heavy (non-hydrogen) atoms. The molecule has 0 aliphatic carbocycles. The number of ether oxygens (including phenoxy) is 2. The summed E-state index contributed by atoms with van der Waals surface area (Å²) in [5.41, 5.74) is 0.871. The number of rotatable bonds is 4. The molecule has 0 saturated heterocycles. The van der Waals surface area contributed by atoms with E-state index in [2.05, 4.69) is 47.8 Å². The number of alkyl halides is 1. The molecule has 1 aromatic carbocycles. The number of methoxy groups -OCH3 is 2. The SMILES string of the molecule is COc1cc(C(Cl)c2cc(Br)c(Br)s2)c(OC)cc1Br. The first-order chi connectivity index (χ1) is 9.47. The summed E-state index contributed by atoms with van der Waals surface area (Å²) >= 11 is 18.6. The highest BCUT2D eigenvalue weighted by atomic mass is 79.9. The molecule has 0 aliphatic rings. The van der Waals surface area contributed by atoms with Crippen LogP contribution in [0.15, 0.2) is 30.9 Å². The first-order valence-electron chi connectivity index (χ1n) is 5.48. The minimum atomic E-state index is -0.306. The van der Waals surface area contributed by atoms with E-state index in [1.54, 1.807) is 25.6 Å². The quantitative estimate of drug-likeness (QED) is 0.449. The largest absolute Gasteiger partial charge is 0.496 e. The normalized spacial score (nSPS) is 12.3. The standard InChI is InChI=1S/C13H10Br3ClO2S/c1-18-9-4-7(14)10(19-2)3-6(9)12(17)11-5-8(15)13(16)20-11/h3-5,12H,1-2H3. The van der Waals surface area contributed by atoms with Crippen LogP contribution in [0.25, 0.3) is 0 Å². The molecule has 0 saturated carbocycles. The lowest BCUT2D eigenvalue weighted by Crippen LogP contribution is -1.98. The minimum Gasteiger partial charge on any atom is -0.496 e. The van der Waals surface area contributed by atoms with Crippen LogP contribution >= 0.6 is 70.7 Å². The average Bonchev–Trinajstić information content (AvgIpc) is 2.77. The van der Waals surface area contributed by atoms with E-state index in [-0.39, 0.29) is 5.38 Å². The third-order valence-corrected chi connectivity index (χ3v) is 7.23. The van der Waals surface area contributed by atoms with Gasteiger partial charge in [0.15, 0.2) is 0 Å². The molecule has 2 nitrogen and oxygen atoms in total.